The van der Waals surface area contributed by atoms with Gasteiger partial charge in [-0.15, -0.1) is 0 Å². The molecule has 2 fully saturated rings. The first-order valence-electron chi connectivity index (χ1n) is 8.21. The molecule has 6 nitrogen and oxygen atoms in total. The molecular formula is C16H28N2O4. The van der Waals surface area contributed by atoms with E-state index >= 15 is 0 Å². The van der Waals surface area contributed by atoms with Crippen molar-refractivity contribution in [3.05, 3.63) is 0 Å². The number of amides is 2. The number of nitrogens with one attached hydrogen (secondary N) is 1. The Hall–Kier alpha value is -1.30. The Bertz CT molecular complexity index is 399. The molecule has 0 aromatic carbocycles. The van der Waals surface area contributed by atoms with E-state index in [1.165, 1.54) is 0 Å². The molecule has 0 spiro atoms. The molecular weight excluding hydrogens is 284 g/mol. The standard InChI is InChI=1S/C16H28N2O4/c1-16(2,3)22-15(20)18-8-4-5-13(11-18)17-14(19)12-6-9-21-10-7-12/h12-13H,4-11H2,1-3H3,(H,17,19)/t13-/m1/s1. The molecule has 0 aliphatic carbocycles. The van der Waals surface area contributed by atoms with Gasteiger partial charge in [-0.1, -0.05) is 0 Å². The molecule has 2 aliphatic heterocycles. The highest BCUT2D eigenvalue weighted by atomic mass is 16.6. The SMILES string of the molecule is CC(C)(C)OC(=O)N1CCC[C@@H](NC(=O)C2CCOCC2)C1. The lowest BCUT2D eigenvalue weighted by Crippen LogP contribution is -2.52. The highest BCUT2D eigenvalue weighted by Crippen LogP contribution is 2.18. The summed E-state index contributed by atoms with van der Waals surface area (Å²) in [7, 11) is 0. The van der Waals surface area contributed by atoms with Crippen molar-refractivity contribution >= 4 is 12.0 Å². The summed E-state index contributed by atoms with van der Waals surface area (Å²) in [4.78, 5) is 26.1. The number of hydrogen-bond donors (Lipinski definition) is 1. The Balaban J connectivity index is 1.82. The van der Waals surface area contributed by atoms with Gasteiger partial charge in [-0.25, -0.2) is 4.79 Å². The Kier molecular flexibility index (Phi) is 5.67. The smallest absolute Gasteiger partial charge is 0.410 e. The van der Waals surface area contributed by atoms with Crippen molar-refractivity contribution in [2.45, 2.75) is 58.1 Å². The molecule has 22 heavy (non-hydrogen) atoms. The molecule has 6 heteroatoms. The molecule has 126 valence electrons. The zero-order valence-corrected chi connectivity index (χ0v) is 13.9. The number of nitrogens with zero attached hydrogens (tertiary/aromatic N) is 1. The van der Waals surface area contributed by atoms with E-state index in [2.05, 4.69) is 5.32 Å². The lowest BCUT2D eigenvalue weighted by Gasteiger charge is -2.35. The van der Waals surface area contributed by atoms with Gasteiger partial charge in [0.25, 0.3) is 0 Å². The largest absolute Gasteiger partial charge is 0.444 e. The van der Waals surface area contributed by atoms with Crippen LogP contribution in [0.25, 0.3) is 0 Å². The topological polar surface area (TPSA) is 67.9 Å². The molecule has 0 bridgehead atoms. The van der Waals surface area contributed by atoms with Gasteiger partial charge in [0, 0.05) is 38.3 Å². The lowest BCUT2D eigenvalue weighted by molar-refractivity contribution is -0.129. The van der Waals surface area contributed by atoms with Crippen LogP contribution in [0.4, 0.5) is 4.79 Å². The average Bonchev–Trinajstić information content (AvgIpc) is 2.46. The van der Waals surface area contributed by atoms with E-state index in [4.69, 9.17) is 9.47 Å². The van der Waals surface area contributed by atoms with Gasteiger partial charge in [0.1, 0.15) is 5.60 Å². The predicted molar refractivity (Wildman–Crippen MR) is 82.5 cm³/mol. The maximum absolute atomic E-state index is 12.3. The molecule has 1 atom stereocenters. The number of rotatable bonds is 2. The average molecular weight is 312 g/mol. The number of piperidine rings is 1. The van der Waals surface area contributed by atoms with Crippen LogP contribution in [0.15, 0.2) is 0 Å². The molecule has 2 heterocycles. The Morgan fingerprint density at radius 1 is 1.18 bits per heavy atom. The van der Waals surface area contributed by atoms with Gasteiger partial charge in [0.05, 0.1) is 0 Å². The highest BCUT2D eigenvalue weighted by molar-refractivity contribution is 5.79. The predicted octanol–water partition coefficient (Wildman–Crippen LogP) is 1.93. The van der Waals surface area contributed by atoms with Gasteiger partial charge in [0.2, 0.25) is 5.91 Å². The summed E-state index contributed by atoms with van der Waals surface area (Å²) in [6.45, 7) is 8.12. The van der Waals surface area contributed by atoms with E-state index in [1.807, 2.05) is 20.8 Å². The summed E-state index contributed by atoms with van der Waals surface area (Å²) < 4.78 is 10.7. The summed E-state index contributed by atoms with van der Waals surface area (Å²) in [6.07, 6.45) is 3.08. The zero-order valence-electron chi connectivity index (χ0n) is 13.9. The monoisotopic (exact) mass is 312 g/mol. The number of ether oxygens (including phenoxy) is 2. The van der Waals surface area contributed by atoms with Crippen molar-refractivity contribution in [1.29, 1.82) is 0 Å². The van der Waals surface area contributed by atoms with E-state index in [-0.39, 0.29) is 24.0 Å². The fourth-order valence-corrected chi connectivity index (χ4v) is 2.87. The summed E-state index contributed by atoms with van der Waals surface area (Å²) in [5, 5.41) is 3.09. The van der Waals surface area contributed by atoms with Crippen molar-refractivity contribution < 1.29 is 19.1 Å². The summed E-state index contributed by atoms with van der Waals surface area (Å²) in [6, 6.07) is 0.0246. The quantitative estimate of drug-likeness (QED) is 0.846. The summed E-state index contributed by atoms with van der Waals surface area (Å²) in [5.41, 5.74) is -0.491. The van der Waals surface area contributed by atoms with Gasteiger partial charge in [-0.2, -0.15) is 0 Å². The van der Waals surface area contributed by atoms with Crippen LogP contribution in [0.5, 0.6) is 0 Å². The second kappa shape index (κ2) is 7.31. The van der Waals surface area contributed by atoms with Crippen LogP contribution in [0, 0.1) is 5.92 Å². The molecule has 2 amide bonds. The molecule has 2 aliphatic rings. The van der Waals surface area contributed by atoms with Crippen molar-refractivity contribution in [2.24, 2.45) is 5.92 Å². The van der Waals surface area contributed by atoms with Crippen LogP contribution in [-0.2, 0) is 14.3 Å². The van der Waals surface area contributed by atoms with Crippen LogP contribution in [-0.4, -0.2) is 54.8 Å². The minimum absolute atomic E-state index is 0.0246. The molecule has 1 N–H and O–H groups in total. The van der Waals surface area contributed by atoms with Gasteiger partial charge in [-0.05, 0) is 46.5 Å². The minimum Gasteiger partial charge on any atom is -0.444 e. The van der Waals surface area contributed by atoms with E-state index in [0.717, 1.165) is 25.7 Å². The van der Waals surface area contributed by atoms with Crippen LogP contribution >= 0.6 is 0 Å². The molecule has 0 aromatic heterocycles. The third-order valence-electron chi connectivity index (χ3n) is 4.01. The Morgan fingerprint density at radius 3 is 2.50 bits per heavy atom. The molecule has 0 saturated carbocycles. The molecule has 0 unspecified atom stereocenters. The highest BCUT2D eigenvalue weighted by Gasteiger charge is 2.30. The second-order valence-corrected chi connectivity index (χ2v) is 7.16. The van der Waals surface area contributed by atoms with Gasteiger partial charge in [-0.3, -0.25) is 4.79 Å². The van der Waals surface area contributed by atoms with Crippen molar-refractivity contribution in [1.82, 2.24) is 10.2 Å². The van der Waals surface area contributed by atoms with E-state index in [9.17, 15) is 9.59 Å². The number of carbonyl (C=O) groups is 2. The number of hydrogen-bond acceptors (Lipinski definition) is 4. The van der Waals surface area contributed by atoms with Crippen molar-refractivity contribution in [2.75, 3.05) is 26.3 Å². The maximum Gasteiger partial charge on any atom is 0.410 e. The van der Waals surface area contributed by atoms with E-state index < -0.39 is 5.60 Å². The van der Waals surface area contributed by atoms with Crippen molar-refractivity contribution in [3.63, 3.8) is 0 Å². The summed E-state index contributed by atoms with van der Waals surface area (Å²) in [5.74, 6) is 0.144. The Morgan fingerprint density at radius 2 is 1.86 bits per heavy atom. The van der Waals surface area contributed by atoms with Gasteiger partial charge in [0.15, 0.2) is 0 Å². The van der Waals surface area contributed by atoms with Crippen LogP contribution in [0.1, 0.15) is 46.5 Å². The van der Waals surface area contributed by atoms with Crippen LogP contribution < -0.4 is 5.32 Å². The third kappa shape index (κ3) is 5.16. The van der Waals surface area contributed by atoms with E-state index in [0.29, 0.717) is 26.3 Å². The lowest BCUT2D eigenvalue weighted by atomic mass is 9.98. The third-order valence-corrected chi connectivity index (χ3v) is 4.01. The first-order valence-corrected chi connectivity index (χ1v) is 8.21. The first kappa shape index (κ1) is 17.1. The maximum atomic E-state index is 12.3. The molecule has 2 saturated heterocycles. The fourth-order valence-electron chi connectivity index (χ4n) is 2.87. The molecule has 0 radical (unpaired) electrons. The number of carbonyl (C=O) groups excluding carboxylic acids is 2. The van der Waals surface area contributed by atoms with Crippen molar-refractivity contribution in [3.8, 4) is 0 Å². The van der Waals surface area contributed by atoms with Gasteiger partial charge >= 0.3 is 6.09 Å². The first-order chi connectivity index (χ1) is 10.3. The van der Waals surface area contributed by atoms with Crippen LogP contribution in [0.3, 0.4) is 0 Å². The second-order valence-electron chi connectivity index (χ2n) is 7.16. The Labute approximate surface area is 132 Å². The van der Waals surface area contributed by atoms with E-state index in [1.54, 1.807) is 4.90 Å². The van der Waals surface area contributed by atoms with Crippen LogP contribution in [0.2, 0.25) is 0 Å². The fraction of sp³-hybridized carbons (Fsp3) is 0.875. The number of likely N-dealkylation sites (tertiary alicyclic amines) is 1. The van der Waals surface area contributed by atoms with Gasteiger partial charge < -0.3 is 19.7 Å². The minimum atomic E-state index is -0.491. The summed E-state index contributed by atoms with van der Waals surface area (Å²) >= 11 is 0. The zero-order chi connectivity index (χ0) is 16.2. The molecule has 0 aromatic rings. The normalized spacial score (nSPS) is 24.0. The molecule has 2 rings (SSSR count).